The second-order valence-corrected chi connectivity index (χ2v) is 11.8. The van der Waals surface area contributed by atoms with Crippen LogP contribution < -0.4 is 19.1 Å². The number of thiazole rings is 1. The molecule has 4 rings (SSSR count). The van der Waals surface area contributed by atoms with Gasteiger partial charge in [-0.05, 0) is 66.9 Å². The van der Waals surface area contributed by atoms with Gasteiger partial charge in [-0.2, -0.15) is 8.42 Å². The molecular formula is C31H36N2O7S2. The number of anilines is 1. The van der Waals surface area contributed by atoms with Crippen LogP contribution in [0, 0.1) is 6.92 Å². The highest BCUT2D eigenvalue weighted by Gasteiger charge is 2.20. The van der Waals surface area contributed by atoms with Gasteiger partial charge in [0, 0.05) is 18.5 Å². The number of hydrogen-bond acceptors (Lipinski definition) is 10. The Kier molecular flexibility index (Phi) is 11.2. The van der Waals surface area contributed by atoms with Crippen LogP contribution in [0.5, 0.6) is 17.2 Å². The average molecular weight is 613 g/mol. The Morgan fingerprint density at radius 3 is 2.17 bits per heavy atom. The zero-order valence-corrected chi connectivity index (χ0v) is 25.9. The van der Waals surface area contributed by atoms with Crippen LogP contribution in [-0.2, 0) is 38.7 Å². The maximum absolute atomic E-state index is 12.4. The highest BCUT2D eigenvalue weighted by Crippen LogP contribution is 2.28. The van der Waals surface area contributed by atoms with Gasteiger partial charge in [0.1, 0.15) is 28.8 Å². The Hall–Kier alpha value is -3.64. The summed E-state index contributed by atoms with van der Waals surface area (Å²) in [4.78, 5) is 7.06. The van der Waals surface area contributed by atoms with E-state index in [0.717, 1.165) is 39.0 Å². The van der Waals surface area contributed by atoms with E-state index in [-0.39, 0.29) is 30.5 Å². The van der Waals surface area contributed by atoms with Gasteiger partial charge in [0.05, 0.1) is 39.7 Å². The van der Waals surface area contributed by atoms with Gasteiger partial charge in [-0.3, -0.25) is 4.18 Å². The predicted molar refractivity (Wildman–Crippen MR) is 163 cm³/mol. The van der Waals surface area contributed by atoms with E-state index in [1.54, 1.807) is 44.6 Å². The summed E-state index contributed by atoms with van der Waals surface area (Å²) in [6.07, 6.45) is 0. The van der Waals surface area contributed by atoms with E-state index >= 15 is 0 Å². The molecule has 224 valence electrons. The third-order valence-electron chi connectivity index (χ3n) is 6.20. The minimum absolute atomic E-state index is 0.00579. The van der Waals surface area contributed by atoms with Crippen molar-refractivity contribution in [2.24, 2.45) is 0 Å². The molecule has 3 aromatic carbocycles. The first-order valence-electron chi connectivity index (χ1n) is 13.5. The lowest BCUT2D eigenvalue weighted by atomic mass is 10.1. The summed E-state index contributed by atoms with van der Waals surface area (Å²) >= 11 is 1.55. The van der Waals surface area contributed by atoms with Crippen LogP contribution in [0.1, 0.15) is 29.3 Å². The maximum Gasteiger partial charge on any atom is 0.300 e. The summed E-state index contributed by atoms with van der Waals surface area (Å²) in [5.41, 5.74) is 3.88. The normalized spacial score (nSPS) is 11.3. The number of ether oxygens (including phenoxy) is 4. The molecule has 9 nitrogen and oxygen atoms in total. The minimum atomic E-state index is -3.90. The van der Waals surface area contributed by atoms with Gasteiger partial charge in [-0.15, -0.1) is 11.3 Å². The van der Waals surface area contributed by atoms with E-state index in [4.69, 9.17) is 28.1 Å². The van der Waals surface area contributed by atoms with Crippen LogP contribution in [0.25, 0.3) is 0 Å². The first-order chi connectivity index (χ1) is 20.3. The second kappa shape index (κ2) is 15.0. The van der Waals surface area contributed by atoms with Crippen LogP contribution >= 0.6 is 11.3 Å². The van der Waals surface area contributed by atoms with Crippen LogP contribution in [-0.4, -0.2) is 47.4 Å². The van der Waals surface area contributed by atoms with Crippen molar-refractivity contribution in [3.05, 3.63) is 94.5 Å². The smallest absolute Gasteiger partial charge is 0.300 e. The number of methoxy groups -OCH3 is 2. The molecule has 0 amide bonds. The van der Waals surface area contributed by atoms with Crippen molar-refractivity contribution >= 4 is 26.6 Å². The SMILES string of the molecule is CCOS(=O)(=O)c1ccc(C)cc1OCCOCc1csc(N(Cc2cccc(OC)c2)Cc2cccc(OC)c2)n1. The second-order valence-electron chi connectivity index (χ2n) is 9.39. The molecule has 42 heavy (non-hydrogen) atoms. The zero-order valence-electron chi connectivity index (χ0n) is 24.2. The highest BCUT2D eigenvalue weighted by atomic mass is 32.2. The molecule has 1 aromatic heterocycles. The molecule has 0 spiro atoms. The van der Waals surface area contributed by atoms with Gasteiger partial charge in [0.2, 0.25) is 0 Å². The number of aromatic nitrogens is 1. The number of rotatable bonds is 16. The third-order valence-corrected chi connectivity index (χ3v) is 8.57. The van der Waals surface area contributed by atoms with Gasteiger partial charge in [0.25, 0.3) is 0 Å². The first-order valence-corrected chi connectivity index (χ1v) is 15.8. The standard InChI is InChI=1S/C31H36N2O7S2/c1-5-40-42(34,35)30-13-12-23(2)16-29(30)39-15-14-38-21-26-22-41-31(32-26)33(19-24-8-6-10-27(17-24)36-3)20-25-9-7-11-28(18-25)37-4/h6-13,16-18,22H,5,14-15,19-21H2,1-4H3. The quantitative estimate of drug-likeness (QED) is 0.112. The van der Waals surface area contributed by atoms with E-state index in [9.17, 15) is 8.42 Å². The Morgan fingerprint density at radius 2 is 1.55 bits per heavy atom. The Balaban J connectivity index is 1.39. The molecule has 0 aliphatic carbocycles. The average Bonchev–Trinajstić information content (AvgIpc) is 3.46. The number of nitrogens with zero attached hydrogens (tertiary/aromatic N) is 2. The van der Waals surface area contributed by atoms with Crippen molar-refractivity contribution in [1.29, 1.82) is 0 Å². The molecule has 0 aliphatic heterocycles. The lowest BCUT2D eigenvalue weighted by Crippen LogP contribution is -2.22. The van der Waals surface area contributed by atoms with Gasteiger partial charge in [-0.25, -0.2) is 4.98 Å². The van der Waals surface area contributed by atoms with E-state index < -0.39 is 10.1 Å². The third kappa shape index (κ3) is 8.68. The Morgan fingerprint density at radius 1 is 0.881 bits per heavy atom. The molecule has 11 heteroatoms. The van der Waals surface area contributed by atoms with Gasteiger partial charge in [-0.1, -0.05) is 30.3 Å². The lowest BCUT2D eigenvalue weighted by Gasteiger charge is -2.22. The molecule has 0 radical (unpaired) electrons. The number of hydrogen-bond donors (Lipinski definition) is 0. The molecule has 0 unspecified atom stereocenters. The topological polar surface area (TPSA) is 96.4 Å². The van der Waals surface area contributed by atoms with Crippen molar-refractivity contribution in [2.75, 3.05) is 38.9 Å². The number of benzene rings is 3. The molecule has 0 N–H and O–H groups in total. The van der Waals surface area contributed by atoms with Crippen LogP contribution in [0.3, 0.4) is 0 Å². The van der Waals surface area contributed by atoms with Gasteiger partial charge < -0.3 is 23.8 Å². The molecule has 0 aliphatic rings. The molecule has 0 atom stereocenters. The van der Waals surface area contributed by atoms with Crippen LogP contribution in [0.15, 0.2) is 77.0 Å². The van der Waals surface area contributed by atoms with E-state index in [1.165, 1.54) is 6.07 Å². The van der Waals surface area contributed by atoms with E-state index in [0.29, 0.717) is 19.7 Å². The molecule has 1 heterocycles. The van der Waals surface area contributed by atoms with Gasteiger partial charge in [0.15, 0.2) is 5.13 Å². The number of aryl methyl sites for hydroxylation is 1. The fourth-order valence-corrected chi connectivity index (χ4v) is 6.07. The fraction of sp³-hybridized carbons (Fsp3) is 0.323. The highest BCUT2D eigenvalue weighted by molar-refractivity contribution is 7.86. The lowest BCUT2D eigenvalue weighted by molar-refractivity contribution is 0.0862. The van der Waals surface area contributed by atoms with Crippen molar-refractivity contribution in [2.45, 2.75) is 38.4 Å². The molecule has 0 bridgehead atoms. The van der Waals surface area contributed by atoms with Crippen molar-refractivity contribution in [3.8, 4) is 17.2 Å². The van der Waals surface area contributed by atoms with E-state index in [2.05, 4.69) is 17.0 Å². The monoisotopic (exact) mass is 612 g/mol. The molecule has 0 saturated heterocycles. The molecule has 4 aromatic rings. The van der Waals surface area contributed by atoms with Crippen LogP contribution in [0.2, 0.25) is 0 Å². The van der Waals surface area contributed by atoms with Crippen molar-refractivity contribution < 1.29 is 31.5 Å². The summed E-state index contributed by atoms with van der Waals surface area (Å²) in [6.45, 7) is 5.54. The minimum Gasteiger partial charge on any atom is -0.497 e. The van der Waals surface area contributed by atoms with Crippen LogP contribution in [0.4, 0.5) is 5.13 Å². The molecule has 0 fully saturated rings. The van der Waals surface area contributed by atoms with Crippen molar-refractivity contribution in [1.82, 2.24) is 4.98 Å². The fourth-order valence-electron chi connectivity index (χ4n) is 4.22. The van der Waals surface area contributed by atoms with Crippen molar-refractivity contribution in [3.63, 3.8) is 0 Å². The Labute approximate surface area is 251 Å². The predicted octanol–water partition coefficient (Wildman–Crippen LogP) is 6.00. The maximum atomic E-state index is 12.4. The molecule has 0 saturated carbocycles. The van der Waals surface area contributed by atoms with Gasteiger partial charge >= 0.3 is 10.1 Å². The summed E-state index contributed by atoms with van der Waals surface area (Å²) < 4.78 is 52.2. The first kappa shape index (κ1) is 31.3. The summed E-state index contributed by atoms with van der Waals surface area (Å²) in [6, 6.07) is 20.9. The molecular weight excluding hydrogens is 576 g/mol. The summed E-state index contributed by atoms with van der Waals surface area (Å²) in [5.74, 6) is 1.85. The van der Waals surface area contributed by atoms with E-state index in [1.807, 2.05) is 48.7 Å². The summed E-state index contributed by atoms with van der Waals surface area (Å²) in [7, 11) is -0.574. The zero-order chi connectivity index (χ0) is 30.0. The Bertz CT molecular complexity index is 1510. The largest absolute Gasteiger partial charge is 0.497 e. The summed E-state index contributed by atoms with van der Waals surface area (Å²) in [5, 5.41) is 2.84.